The van der Waals surface area contributed by atoms with Gasteiger partial charge in [0.15, 0.2) is 0 Å². The summed E-state index contributed by atoms with van der Waals surface area (Å²) in [5.41, 5.74) is 1.17. The van der Waals surface area contributed by atoms with Crippen molar-refractivity contribution >= 4 is 18.3 Å². The van der Waals surface area contributed by atoms with Gasteiger partial charge in [0, 0.05) is 26.7 Å². The van der Waals surface area contributed by atoms with E-state index in [1.807, 2.05) is 23.1 Å². The van der Waals surface area contributed by atoms with Gasteiger partial charge in [-0.1, -0.05) is 30.3 Å². The summed E-state index contributed by atoms with van der Waals surface area (Å²) in [5, 5.41) is 3.31. The number of halogens is 1. The third-order valence-corrected chi connectivity index (χ3v) is 3.74. The lowest BCUT2D eigenvalue weighted by atomic mass is 9.98. The smallest absolute Gasteiger partial charge is 0.227 e. The van der Waals surface area contributed by atoms with Gasteiger partial charge >= 0.3 is 0 Å². The molecule has 1 fully saturated rings. The number of nitrogens with zero attached hydrogens (tertiary/aromatic N) is 1. The predicted molar refractivity (Wildman–Crippen MR) is 86.6 cm³/mol. The highest BCUT2D eigenvalue weighted by Crippen LogP contribution is 2.15. The summed E-state index contributed by atoms with van der Waals surface area (Å²) in [4.78, 5) is 14.6. The maximum atomic E-state index is 12.6. The highest BCUT2D eigenvalue weighted by molar-refractivity contribution is 5.85. The molecule has 118 valence electrons. The highest BCUT2D eigenvalue weighted by Gasteiger charge is 2.25. The lowest BCUT2D eigenvalue weighted by Gasteiger charge is -2.29. The van der Waals surface area contributed by atoms with Crippen LogP contribution >= 0.6 is 12.4 Å². The summed E-state index contributed by atoms with van der Waals surface area (Å²) in [6, 6.07) is 10.1. The standard InChI is InChI=1S/C16H24N2O2.ClH/c1-20-11-10-18(13-14-6-3-2-4-7-14)16(19)15-8-5-9-17-12-15;/h2-4,6-7,15,17H,5,8-13H2,1H3;1H. The number of rotatable bonds is 6. The predicted octanol–water partition coefficient (Wildman–Crippen LogP) is 2.08. The molecule has 1 aliphatic heterocycles. The summed E-state index contributed by atoms with van der Waals surface area (Å²) >= 11 is 0. The van der Waals surface area contributed by atoms with Gasteiger partial charge in [-0.3, -0.25) is 4.79 Å². The number of ether oxygens (including phenoxy) is 1. The van der Waals surface area contributed by atoms with Gasteiger partial charge in [-0.05, 0) is 24.9 Å². The minimum absolute atomic E-state index is 0. The zero-order valence-corrected chi connectivity index (χ0v) is 13.4. The normalized spacial score (nSPS) is 17.9. The Balaban J connectivity index is 0.00000220. The molecule has 1 atom stereocenters. The van der Waals surface area contributed by atoms with E-state index in [4.69, 9.17) is 4.74 Å². The van der Waals surface area contributed by atoms with E-state index in [0.717, 1.165) is 25.9 Å². The van der Waals surface area contributed by atoms with Crippen molar-refractivity contribution in [1.29, 1.82) is 0 Å². The average Bonchev–Trinajstić information content (AvgIpc) is 2.52. The molecule has 1 aromatic carbocycles. The number of piperidine rings is 1. The van der Waals surface area contributed by atoms with Crippen molar-refractivity contribution in [2.75, 3.05) is 33.4 Å². The van der Waals surface area contributed by atoms with Crippen LogP contribution in [0.5, 0.6) is 0 Å². The first kappa shape index (κ1) is 18.0. The minimum Gasteiger partial charge on any atom is -0.383 e. The number of carbonyl (C=O) groups excluding carboxylic acids is 1. The molecule has 5 heteroatoms. The van der Waals surface area contributed by atoms with Crippen LogP contribution in [0.25, 0.3) is 0 Å². The number of carbonyl (C=O) groups is 1. The van der Waals surface area contributed by atoms with Crippen molar-refractivity contribution in [3.05, 3.63) is 35.9 Å². The maximum Gasteiger partial charge on any atom is 0.227 e. The molecule has 1 amide bonds. The van der Waals surface area contributed by atoms with Crippen molar-refractivity contribution in [3.8, 4) is 0 Å². The molecule has 21 heavy (non-hydrogen) atoms. The summed E-state index contributed by atoms with van der Waals surface area (Å²) < 4.78 is 5.14. The number of amides is 1. The van der Waals surface area contributed by atoms with Crippen molar-refractivity contribution in [1.82, 2.24) is 10.2 Å². The third-order valence-electron chi connectivity index (χ3n) is 3.74. The quantitative estimate of drug-likeness (QED) is 0.874. The molecule has 0 aromatic heterocycles. The fourth-order valence-corrected chi connectivity index (χ4v) is 2.59. The van der Waals surface area contributed by atoms with Gasteiger partial charge in [0.05, 0.1) is 12.5 Å². The van der Waals surface area contributed by atoms with Crippen LogP contribution in [0.4, 0.5) is 0 Å². The number of hydrogen-bond acceptors (Lipinski definition) is 3. The van der Waals surface area contributed by atoms with Crippen LogP contribution in [0, 0.1) is 5.92 Å². The van der Waals surface area contributed by atoms with Gasteiger partial charge in [-0.25, -0.2) is 0 Å². The second kappa shape index (κ2) is 9.77. The monoisotopic (exact) mass is 312 g/mol. The zero-order chi connectivity index (χ0) is 14.2. The van der Waals surface area contributed by atoms with Gasteiger partial charge in [0.2, 0.25) is 5.91 Å². The fourth-order valence-electron chi connectivity index (χ4n) is 2.59. The van der Waals surface area contributed by atoms with Crippen molar-refractivity contribution in [2.45, 2.75) is 19.4 Å². The first-order valence-corrected chi connectivity index (χ1v) is 7.33. The Morgan fingerprint density at radius 2 is 2.14 bits per heavy atom. The minimum atomic E-state index is 0. The Bertz CT molecular complexity index is 408. The largest absolute Gasteiger partial charge is 0.383 e. The molecule has 1 aliphatic rings. The SMILES string of the molecule is COCCN(Cc1ccccc1)C(=O)C1CCCNC1.Cl. The van der Waals surface area contributed by atoms with Crippen LogP contribution in [0.15, 0.2) is 30.3 Å². The van der Waals surface area contributed by atoms with Gasteiger partial charge in [-0.15, -0.1) is 12.4 Å². The Morgan fingerprint density at radius 1 is 1.38 bits per heavy atom. The molecule has 2 rings (SSSR count). The van der Waals surface area contributed by atoms with E-state index < -0.39 is 0 Å². The van der Waals surface area contributed by atoms with E-state index in [-0.39, 0.29) is 24.2 Å². The molecule has 0 radical (unpaired) electrons. The Kier molecular flexibility index (Phi) is 8.35. The third kappa shape index (κ3) is 5.65. The fraction of sp³-hybridized carbons (Fsp3) is 0.562. The highest BCUT2D eigenvalue weighted by atomic mass is 35.5. The first-order chi connectivity index (χ1) is 9.81. The molecule has 1 saturated heterocycles. The Labute approximate surface area is 133 Å². The van der Waals surface area contributed by atoms with Crippen LogP contribution in [0.1, 0.15) is 18.4 Å². The van der Waals surface area contributed by atoms with Crippen molar-refractivity contribution in [3.63, 3.8) is 0 Å². The number of benzene rings is 1. The van der Waals surface area contributed by atoms with Crippen molar-refractivity contribution < 1.29 is 9.53 Å². The van der Waals surface area contributed by atoms with E-state index in [0.29, 0.717) is 19.7 Å². The molecule has 1 heterocycles. The summed E-state index contributed by atoms with van der Waals surface area (Å²) in [5.74, 6) is 0.363. The van der Waals surface area contributed by atoms with Gasteiger partial charge in [0.1, 0.15) is 0 Å². The molecular formula is C16H25ClN2O2. The van der Waals surface area contributed by atoms with E-state index in [1.165, 1.54) is 5.56 Å². The molecule has 1 unspecified atom stereocenters. The first-order valence-electron chi connectivity index (χ1n) is 7.33. The van der Waals surface area contributed by atoms with Gasteiger partial charge in [0.25, 0.3) is 0 Å². The number of methoxy groups -OCH3 is 1. The van der Waals surface area contributed by atoms with Crippen LogP contribution in [-0.4, -0.2) is 44.2 Å². The van der Waals surface area contributed by atoms with E-state index in [9.17, 15) is 4.79 Å². The average molecular weight is 313 g/mol. The van der Waals surface area contributed by atoms with Crippen molar-refractivity contribution in [2.24, 2.45) is 5.92 Å². The van der Waals surface area contributed by atoms with E-state index in [1.54, 1.807) is 7.11 Å². The summed E-state index contributed by atoms with van der Waals surface area (Å²) in [7, 11) is 1.67. The van der Waals surface area contributed by atoms with Gasteiger partial charge < -0.3 is 15.0 Å². The van der Waals surface area contributed by atoms with Crippen LogP contribution in [0.2, 0.25) is 0 Å². The molecule has 0 aliphatic carbocycles. The number of nitrogens with one attached hydrogen (secondary N) is 1. The molecule has 0 bridgehead atoms. The van der Waals surface area contributed by atoms with Crippen LogP contribution in [0.3, 0.4) is 0 Å². The maximum absolute atomic E-state index is 12.6. The Morgan fingerprint density at radius 3 is 2.76 bits per heavy atom. The molecule has 0 saturated carbocycles. The van der Waals surface area contributed by atoms with Crippen LogP contribution < -0.4 is 5.32 Å². The molecule has 1 N–H and O–H groups in total. The van der Waals surface area contributed by atoms with E-state index in [2.05, 4.69) is 17.4 Å². The second-order valence-corrected chi connectivity index (χ2v) is 5.28. The van der Waals surface area contributed by atoms with Gasteiger partial charge in [-0.2, -0.15) is 0 Å². The van der Waals surface area contributed by atoms with E-state index >= 15 is 0 Å². The topological polar surface area (TPSA) is 41.6 Å². The number of hydrogen-bond donors (Lipinski definition) is 1. The lowest BCUT2D eigenvalue weighted by Crippen LogP contribution is -2.43. The summed E-state index contributed by atoms with van der Waals surface area (Å²) in [6.45, 7) is 3.73. The molecular weight excluding hydrogens is 288 g/mol. The molecule has 4 nitrogen and oxygen atoms in total. The summed E-state index contributed by atoms with van der Waals surface area (Å²) in [6.07, 6.45) is 2.07. The lowest BCUT2D eigenvalue weighted by molar-refractivity contribution is -0.137. The second-order valence-electron chi connectivity index (χ2n) is 5.28. The Hall–Kier alpha value is -1.10. The molecule has 1 aromatic rings. The zero-order valence-electron chi connectivity index (χ0n) is 12.6. The molecule has 0 spiro atoms. The van der Waals surface area contributed by atoms with Crippen LogP contribution in [-0.2, 0) is 16.1 Å².